The molecular weight excluding hydrogens is 558 g/mol. The number of benzene rings is 1. The number of carbonyl (C=O) groups is 2. The third-order valence-electron chi connectivity index (χ3n) is 7.66. The van der Waals surface area contributed by atoms with Gasteiger partial charge in [-0.2, -0.15) is 18.3 Å². The molecule has 8 nitrogen and oxygen atoms in total. The summed E-state index contributed by atoms with van der Waals surface area (Å²) < 4.78 is 85.3. The number of aromatic nitrogens is 2. The number of amides is 2. The van der Waals surface area contributed by atoms with Crippen LogP contribution in [0.1, 0.15) is 72.1 Å². The zero-order valence-corrected chi connectivity index (χ0v) is 22.1. The van der Waals surface area contributed by atoms with Gasteiger partial charge in [-0.15, -0.1) is 13.2 Å². The maximum absolute atomic E-state index is 13.5. The largest absolute Gasteiger partial charge is 0.523 e. The van der Waals surface area contributed by atoms with Crippen LogP contribution >= 0.6 is 0 Å². The van der Waals surface area contributed by atoms with Gasteiger partial charge in [-0.1, -0.05) is 18.9 Å². The Labute approximate surface area is 231 Å². The second kappa shape index (κ2) is 11.2. The molecule has 5 rings (SSSR count). The molecule has 41 heavy (non-hydrogen) atoms. The molecule has 1 aromatic carbocycles. The predicted octanol–water partition coefficient (Wildman–Crippen LogP) is 5.40. The van der Waals surface area contributed by atoms with E-state index >= 15 is 0 Å². The van der Waals surface area contributed by atoms with Crippen LogP contribution < -0.4 is 15.4 Å². The standard InChI is InChI=1S/C27H30F6N4O4/c28-26(29,30)10-2-12-40-18-6-7-19-17(13-18)3-1-9-25(19)14-20-22(24(39)35-25)23(34-21(38)15-41-27(31,32)33)37(36-20)11-8-16-4-5-16/h6-7,13,16H,1-5,8-12,14-15H2,(H,34,38)(H,35,39)/t25-/m0/s1. The van der Waals surface area contributed by atoms with Crippen molar-refractivity contribution in [1.82, 2.24) is 15.1 Å². The zero-order chi connectivity index (χ0) is 29.4. The van der Waals surface area contributed by atoms with Crippen molar-refractivity contribution in [1.29, 1.82) is 0 Å². The van der Waals surface area contributed by atoms with E-state index in [0.29, 0.717) is 43.2 Å². The monoisotopic (exact) mass is 588 g/mol. The second-order valence-corrected chi connectivity index (χ2v) is 10.9. The van der Waals surface area contributed by atoms with E-state index in [9.17, 15) is 35.9 Å². The summed E-state index contributed by atoms with van der Waals surface area (Å²) in [5.74, 6) is -0.569. The van der Waals surface area contributed by atoms with Crippen molar-refractivity contribution in [3.8, 4) is 5.75 Å². The Morgan fingerprint density at radius 2 is 1.98 bits per heavy atom. The lowest BCUT2D eigenvalue weighted by molar-refractivity contribution is -0.320. The van der Waals surface area contributed by atoms with Crippen molar-refractivity contribution in [2.24, 2.45) is 5.92 Å². The van der Waals surface area contributed by atoms with Crippen LogP contribution in [0.2, 0.25) is 0 Å². The van der Waals surface area contributed by atoms with Crippen LogP contribution in [-0.2, 0) is 34.5 Å². The van der Waals surface area contributed by atoms with Gasteiger partial charge in [0.2, 0.25) is 0 Å². The first-order valence-electron chi connectivity index (χ1n) is 13.6. The fourth-order valence-corrected chi connectivity index (χ4v) is 5.62. The first kappa shape index (κ1) is 29.2. The maximum Gasteiger partial charge on any atom is 0.523 e. The molecule has 1 saturated carbocycles. The van der Waals surface area contributed by atoms with E-state index in [4.69, 9.17) is 4.74 Å². The molecule has 2 aliphatic carbocycles. The highest BCUT2D eigenvalue weighted by atomic mass is 19.4. The first-order chi connectivity index (χ1) is 19.3. The predicted molar refractivity (Wildman–Crippen MR) is 133 cm³/mol. The number of fused-ring (bicyclic) bond motifs is 3. The summed E-state index contributed by atoms with van der Waals surface area (Å²) in [6.45, 7) is -0.949. The lowest BCUT2D eigenvalue weighted by Gasteiger charge is -2.42. The fraction of sp³-hybridized carbons (Fsp3) is 0.593. The van der Waals surface area contributed by atoms with Gasteiger partial charge in [0.25, 0.3) is 11.8 Å². The van der Waals surface area contributed by atoms with E-state index in [-0.39, 0.29) is 24.4 Å². The highest BCUT2D eigenvalue weighted by Gasteiger charge is 2.45. The minimum atomic E-state index is -4.98. The summed E-state index contributed by atoms with van der Waals surface area (Å²) in [6.07, 6.45) is -5.11. The van der Waals surface area contributed by atoms with Gasteiger partial charge >= 0.3 is 12.5 Å². The van der Waals surface area contributed by atoms with Gasteiger partial charge in [-0.25, -0.2) is 4.68 Å². The molecular formula is C27H30F6N4O4. The topological polar surface area (TPSA) is 94.5 Å². The Hall–Kier alpha value is -3.29. The molecule has 3 aliphatic rings. The molecule has 0 bridgehead atoms. The van der Waals surface area contributed by atoms with Crippen molar-refractivity contribution < 1.29 is 45.4 Å². The van der Waals surface area contributed by atoms with Crippen molar-refractivity contribution >= 4 is 17.6 Å². The van der Waals surface area contributed by atoms with Crippen LogP contribution in [0.15, 0.2) is 18.2 Å². The van der Waals surface area contributed by atoms with Gasteiger partial charge in [0.1, 0.15) is 23.7 Å². The Balaban J connectivity index is 1.37. The van der Waals surface area contributed by atoms with E-state index in [2.05, 4.69) is 20.5 Å². The quantitative estimate of drug-likeness (QED) is 0.287. The van der Waals surface area contributed by atoms with E-state index in [0.717, 1.165) is 36.8 Å². The van der Waals surface area contributed by atoms with E-state index in [1.54, 1.807) is 18.2 Å². The number of halogens is 6. The number of ether oxygens (including phenoxy) is 2. The van der Waals surface area contributed by atoms with Crippen LogP contribution in [-0.4, -0.2) is 47.3 Å². The van der Waals surface area contributed by atoms with Crippen molar-refractivity contribution in [2.45, 2.75) is 82.4 Å². The molecule has 1 atom stereocenters. The normalized spacial score (nSPS) is 20.4. The molecule has 2 N–H and O–H groups in total. The Morgan fingerprint density at radius 1 is 1.20 bits per heavy atom. The Bertz CT molecular complexity index is 1300. The fourth-order valence-electron chi connectivity index (χ4n) is 5.62. The number of alkyl halides is 6. The molecule has 2 aromatic rings. The van der Waals surface area contributed by atoms with Crippen LogP contribution in [0.3, 0.4) is 0 Å². The van der Waals surface area contributed by atoms with E-state index < -0.39 is 42.9 Å². The van der Waals surface area contributed by atoms with Gasteiger partial charge in [0.05, 0.1) is 17.8 Å². The molecule has 224 valence electrons. The molecule has 1 aliphatic heterocycles. The summed E-state index contributed by atoms with van der Waals surface area (Å²) in [5, 5.41) is 10.1. The Kier molecular flexibility index (Phi) is 7.96. The highest BCUT2D eigenvalue weighted by Crippen LogP contribution is 2.43. The summed E-state index contributed by atoms with van der Waals surface area (Å²) in [7, 11) is 0. The molecule has 1 spiro atoms. The van der Waals surface area contributed by atoms with Crippen molar-refractivity contribution in [2.75, 3.05) is 18.5 Å². The summed E-state index contributed by atoms with van der Waals surface area (Å²) >= 11 is 0. The van der Waals surface area contributed by atoms with Crippen LogP contribution in [0.25, 0.3) is 0 Å². The van der Waals surface area contributed by atoms with Gasteiger partial charge in [-0.05, 0) is 61.3 Å². The molecule has 0 saturated heterocycles. The number of anilines is 1. The molecule has 1 fully saturated rings. The van der Waals surface area contributed by atoms with Gasteiger partial charge in [0, 0.05) is 19.4 Å². The number of aryl methyl sites for hydroxylation is 2. The first-order valence-corrected chi connectivity index (χ1v) is 13.6. The minimum Gasteiger partial charge on any atom is -0.494 e. The van der Waals surface area contributed by atoms with Crippen molar-refractivity contribution in [3.05, 3.63) is 40.6 Å². The minimum absolute atomic E-state index is 0.0439. The maximum atomic E-state index is 13.5. The average Bonchev–Trinajstić information content (AvgIpc) is 3.65. The summed E-state index contributed by atoms with van der Waals surface area (Å²) in [6, 6.07) is 5.26. The second-order valence-electron chi connectivity index (χ2n) is 10.9. The summed E-state index contributed by atoms with van der Waals surface area (Å²) in [5.41, 5.74) is 1.49. The molecule has 0 radical (unpaired) electrons. The summed E-state index contributed by atoms with van der Waals surface area (Å²) in [4.78, 5) is 25.8. The third kappa shape index (κ3) is 7.14. The van der Waals surface area contributed by atoms with Crippen molar-refractivity contribution in [3.63, 3.8) is 0 Å². The number of hydrogen-bond donors (Lipinski definition) is 2. The SMILES string of the molecule is O=C(COC(F)(F)F)Nc1c2c(nn1CCC1CC1)C[C@]1(CCCc3cc(OCCCC(F)(F)F)ccc31)NC2=O. The molecule has 2 amide bonds. The van der Waals surface area contributed by atoms with Crippen LogP contribution in [0.5, 0.6) is 5.75 Å². The van der Waals surface area contributed by atoms with E-state index in [1.165, 1.54) is 4.68 Å². The van der Waals surface area contributed by atoms with Crippen LogP contribution in [0, 0.1) is 5.92 Å². The highest BCUT2D eigenvalue weighted by molar-refractivity contribution is 6.05. The number of nitrogens with zero attached hydrogens (tertiary/aromatic N) is 2. The molecule has 2 heterocycles. The van der Waals surface area contributed by atoms with Crippen LogP contribution in [0.4, 0.5) is 32.2 Å². The zero-order valence-electron chi connectivity index (χ0n) is 22.1. The number of nitrogens with one attached hydrogen (secondary N) is 2. The van der Waals surface area contributed by atoms with Gasteiger partial charge < -0.3 is 15.4 Å². The average molecular weight is 589 g/mol. The number of hydrogen-bond acceptors (Lipinski definition) is 5. The third-order valence-corrected chi connectivity index (χ3v) is 7.66. The lowest BCUT2D eigenvalue weighted by Crippen LogP contribution is -2.52. The number of carbonyl (C=O) groups excluding carboxylic acids is 2. The Morgan fingerprint density at radius 3 is 2.68 bits per heavy atom. The smallest absolute Gasteiger partial charge is 0.494 e. The van der Waals surface area contributed by atoms with Gasteiger partial charge in [0.15, 0.2) is 0 Å². The number of rotatable bonds is 10. The molecule has 0 unspecified atom stereocenters. The van der Waals surface area contributed by atoms with E-state index in [1.807, 2.05) is 0 Å². The molecule has 14 heteroatoms. The lowest BCUT2D eigenvalue weighted by atomic mass is 9.72. The molecule has 1 aromatic heterocycles. The van der Waals surface area contributed by atoms with Gasteiger partial charge in [-0.3, -0.25) is 14.3 Å².